The van der Waals surface area contributed by atoms with Gasteiger partial charge in [0.2, 0.25) is 0 Å². The van der Waals surface area contributed by atoms with E-state index in [0.29, 0.717) is 6.04 Å². The van der Waals surface area contributed by atoms with Gasteiger partial charge in [0, 0.05) is 38.8 Å². The van der Waals surface area contributed by atoms with E-state index in [0.717, 1.165) is 57.0 Å². The van der Waals surface area contributed by atoms with Gasteiger partial charge in [0.25, 0.3) is 0 Å². The second-order valence-electron chi connectivity index (χ2n) is 6.68. The number of rotatable bonds is 4. The Balaban J connectivity index is 1.70. The molecule has 128 valence electrons. The molecule has 5 heteroatoms. The number of β-amino-alcohol motifs (C(OH)–C–C–N with tert-alkyl or cyclic N) is 1. The molecule has 0 aromatic heterocycles. The van der Waals surface area contributed by atoms with Gasteiger partial charge in [-0.1, -0.05) is 6.07 Å². The van der Waals surface area contributed by atoms with Crippen molar-refractivity contribution in [3.63, 3.8) is 0 Å². The second kappa shape index (κ2) is 7.51. The fraction of sp³-hybridized carbons (Fsp3) is 0.667. The molecular formula is C18H29N3O2. The SMILES string of the molecule is COc1c(N)ccc2c1CCC[C@H](N1CCN(CCO)CC1)C2. The highest BCUT2D eigenvalue weighted by Crippen LogP contribution is 2.34. The molecule has 1 aliphatic carbocycles. The van der Waals surface area contributed by atoms with Crippen LogP contribution in [-0.4, -0.2) is 67.4 Å². The molecule has 1 fully saturated rings. The first kappa shape index (κ1) is 16.6. The van der Waals surface area contributed by atoms with Gasteiger partial charge >= 0.3 is 0 Å². The summed E-state index contributed by atoms with van der Waals surface area (Å²) in [5.41, 5.74) is 9.53. The molecule has 1 saturated heterocycles. The monoisotopic (exact) mass is 319 g/mol. The molecule has 2 aliphatic rings. The van der Waals surface area contributed by atoms with Gasteiger partial charge in [0.1, 0.15) is 5.75 Å². The number of nitrogens with zero attached hydrogens (tertiary/aromatic N) is 2. The molecule has 0 saturated carbocycles. The molecule has 1 heterocycles. The predicted octanol–water partition coefficient (Wildman–Crippen LogP) is 1.13. The highest BCUT2D eigenvalue weighted by molar-refractivity contribution is 5.60. The van der Waals surface area contributed by atoms with Crippen molar-refractivity contribution in [1.29, 1.82) is 0 Å². The third-order valence-corrected chi connectivity index (χ3v) is 5.35. The molecular weight excluding hydrogens is 290 g/mol. The molecule has 1 aliphatic heterocycles. The van der Waals surface area contributed by atoms with Gasteiger partial charge in [-0.3, -0.25) is 9.80 Å². The molecule has 1 atom stereocenters. The number of nitrogens with two attached hydrogens (primary N) is 1. The van der Waals surface area contributed by atoms with Crippen LogP contribution in [0.2, 0.25) is 0 Å². The zero-order valence-corrected chi connectivity index (χ0v) is 14.1. The van der Waals surface area contributed by atoms with Crippen LogP contribution in [0.5, 0.6) is 5.75 Å². The predicted molar refractivity (Wildman–Crippen MR) is 92.9 cm³/mol. The number of fused-ring (bicyclic) bond motifs is 1. The van der Waals surface area contributed by atoms with E-state index in [1.165, 1.54) is 24.0 Å². The summed E-state index contributed by atoms with van der Waals surface area (Å²) < 4.78 is 5.55. The molecule has 1 aromatic rings. The van der Waals surface area contributed by atoms with Crippen molar-refractivity contribution in [1.82, 2.24) is 9.80 Å². The Kier molecular flexibility index (Phi) is 5.41. The molecule has 0 spiro atoms. The molecule has 0 unspecified atom stereocenters. The summed E-state index contributed by atoms with van der Waals surface area (Å²) in [5, 5.41) is 9.07. The number of methoxy groups -OCH3 is 1. The average molecular weight is 319 g/mol. The van der Waals surface area contributed by atoms with E-state index in [2.05, 4.69) is 15.9 Å². The van der Waals surface area contributed by atoms with Gasteiger partial charge in [-0.25, -0.2) is 0 Å². The van der Waals surface area contributed by atoms with Crippen LogP contribution >= 0.6 is 0 Å². The van der Waals surface area contributed by atoms with Crippen molar-refractivity contribution in [2.75, 3.05) is 52.2 Å². The van der Waals surface area contributed by atoms with E-state index in [4.69, 9.17) is 15.6 Å². The molecule has 0 amide bonds. The number of ether oxygens (including phenoxy) is 1. The zero-order chi connectivity index (χ0) is 16.2. The van der Waals surface area contributed by atoms with Crippen molar-refractivity contribution in [2.45, 2.75) is 31.7 Å². The highest BCUT2D eigenvalue weighted by atomic mass is 16.5. The standard InChI is InChI=1S/C18H29N3O2/c1-23-18-16-4-2-3-15(13-14(16)5-6-17(18)19)21-9-7-20(8-10-21)11-12-22/h5-6,15,22H,2-4,7-13,19H2,1H3/t15-/m0/s1. The Labute approximate surface area is 139 Å². The topological polar surface area (TPSA) is 62.0 Å². The maximum atomic E-state index is 9.07. The molecule has 0 radical (unpaired) electrons. The summed E-state index contributed by atoms with van der Waals surface area (Å²) in [6.45, 7) is 5.40. The third kappa shape index (κ3) is 3.62. The van der Waals surface area contributed by atoms with Crippen LogP contribution in [0.25, 0.3) is 0 Å². The number of aliphatic hydroxyl groups excluding tert-OH is 1. The summed E-state index contributed by atoms with van der Waals surface area (Å²) in [5.74, 6) is 0.885. The van der Waals surface area contributed by atoms with E-state index in [1.807, 2.05) is 6.07 Å². The normalized spacial score (nSPS) is 23.3. The van der Waals surface area contributed by atoms with Gasteiger partial charge in [0.05, 0.1) is 19.4 Å². The first-order chi connectivity index (χ1) is 11.2. The maximum Gasteiger partial charge on any atom is 0.145 e. The molecule has 23 heavy (non-hydrogen) atoms. The lowest BCUT2D eigenvalue weighted by Crippen LogP contribution is -2.51. The smallest absolute Gasteiger partial charge is 0.145 e. The molecule has 3 rings (SSSR count). The van der Waals surface area contributed by atoms with Crippen LogP contribution < -0.4 is 10.5 Å². The van der Waals surface area contributed by atoms with Gasteiger partial charge in [-0.2, -0.15) is 0 Å². The summed E-state index contributed by atoms with van der Waals surface area (Å²) in [6.07, 6.45) is 4.57. The Bertz CT molecular complexity index is 527. The van der Waals surface area contributed by atoms with Gasteiger partial charge < -0.3 is 15.6 Å². The second-order valence-corrected chi connectivity index (χ2v) is 6.68. The van der Waals surface area contributed by atoms with E-state index in [-0.39, 0.29) is 6.61 Å². The van der Waals surface area contributed by atoms with Crippen molar-refractivity contribution < 1.29 is 9.84 Å². The largest absolute Gasteiger partial charge is 0.494 e. The minimum Gasteiger partial charge on any atom is -0.494 e. The van der Waals surface area contributed by atoms with E-state index in [1.54, 1.807) is 7.11 Å². The average Bonchev–Trinajstić information content (AvgIpc) is 2.78. The Morgan fingerprint density at radius 1 is 1.26 bits per heavy atom. The van der Waals surface area contributed by atoms with E-state index in [9.17, 15) is 0 Å². The maximum absolute atomic E-state index is 9.07. The molecule has 5 nitrogen and oxygen atoms in total. The number of benzene rings is 1. The number of aliphatic hydroxyl groups is 1. The number of hydrogen-bond acceptors (Lipinski definition) is 5. The summed E-state index contributed by atoms with van der Waals surface area (Å²) in [6, 6.07) is 4.79. The van der Waals surface area contributed by atoms with Gasteiger partial charge in [-0.15, -0.1) is 0 Å². The van der Waals surface area contributed by atoms with Crippen LogP contribution in [0.3, 0.4) is 0 Å². The van der Waals surface area contributed by atoms with Crippen LogP contribution in [0.15, 0.2) is 12.1 Å². The Morgan fingerprint density at radius 3 is 2.74 bits per heavy atom. The van der Waals surface area contributed by atoms with Gasteiger partial charge in [-0.05, 0) is 42.9 Å². The third-order valence-electron chi connectivity index (χ3n) is 5.35. The van der Waals surface area contributed by atoms with Crippen molar-refractivity contribution in [3.05, 3.63) is 23.3 Å². The Morgan fingerprint density at radius 2 is 2.04 bits per heavy atom. The van der Waals surface area contributed by atoms with Crippen LogP contribution in [0, 0.1) is 0 Å². The number of nitrogen functional groups attached to an aromatic ring is 1. The van der Waals surface area contributed by atoms with Crippen molar-refractivity contribution in [3.8, 4) is 5.75 Å². The zero-order valence-electron chi connectivity index (χ0n) is 14.1. The fourth-order valence-electron chi connectivity index (χ4n) is 4.07. The summed E-state index contributed by atoms with van der Waals surface area (Å²) in [4.78, 5) is 4.98. The van der Waals surface area contributed by atoms with E-state index >= 15 is 0 Å². The Hall–Kier alpha value is -1.30. The van der Waals surface area contributed by atoms with E-state index < -0.39 is 0 Å². The minimum absolute atomic E-state index is 0.262. The molecule has 1 aromatic carbocycles. The van der Waals surface area contributed by atoms with Crippen LogP contribution in [0.1, 0.15) is 24.0 Å². The van der Waals surface area contributed by atoms with Crippen LogP contribution in [-0.2, 0) is 12.8 Å². The molecule has 3 N–H and O–H groups in total. The lowest BCUT2D eigenvalue weighted by atomic mass is 9.99. The number of anilines is 1. The molecule has 0 bridgehead atoms. The summed E-state index contributed by atoms with van der Waals surface area (Å²) >= 11 is 0. The first-order valence-corrected chi connectivity index (χ1v) is 8.74. The number of hydrogen-bond donors (Lipinski definition) is 2. The summed E-state index contributed by atoms with van der Waals surface area (Å²) in [7, 11) is 1.72. The van der Waals surface area contributed by atoms with Crippen molar-refractivity contribution >= 4 is 5.69 Å². The highest BCUT2D eigenvalue weighted by Gasteiger charge is 2.27. The van der Waals surface area contributed by atoms with Gasteiger partial charge in [0.15, 0.2) is 0 Å². The lowest BCUT2D eigenvalue weighted by molar-refractivity contribution is 0.0805. The first-order valence-electron chi connectivity index (χ1n) is 8.74. The quantitative estimate of drug-likeness (QED) is 0.644. The number of piperazine rings is 1. The van der Waals surface area contributed by atoms with Crippen LogP contribution in [0.4, 0.5) is 5.69 Å². The lowest BCUT2D eigenvalue weighted by Gasteiger charge is -2.39. The van der Waals surface area contributed by atoms with Crippen molar-refractivity contribution in [2.24, 2.45) is 0 Å². The fourth-order valence-corrected chi connectivity index (χ4v) is 4.07. The minimum atomic E-state index is 0.262.